The van der Waals surface area contributed by atoms with Crippen LogP contribution in [0.2, 0.25) is 5.02 Å². The Balaban J connectivity index is 1.13. The molecule has 3 heterocycles. The number of anilines is 8. The second-order valence-electron chi connectivity index (χ2n) is 12.9. The molecule has 0 bridgehead atoms. The van der Waals surface area contributed by atoms with Crippen LogP contribution in [0.15, 0.2) is 182 Å². The SMILES string of the molecule is Clc1cc(Nc2ccc(-c3ccc4c(c3)sc3ccccc34)n2-c2ccccc2)cc2c1N(c1ccccc1)c1ccccc1N2c1ccccc1. The number of aromatic nitrogens is 1. The highest BCUT2D eigenvalue weighted by molar-refractivity contribution is 7.25. The zero-order valence-corrected chi connectivity index (χ0v) is 29.5. The molecule has 0 atom stereocenters. The molecule has 1 N–H and O–H groups in total. The second-order valence-corrected chi connectivity index (χ2v) is 14.4. The molecule has 1 aliphatic rings. The lowest BCUT2D eigenvalue weighted by atomic mass is 10.0. The van der Waals surface area contributed by atoms with Crippen molar-refractivity contribution in [3.05, 3.63) is 187 Å². The van der Waals surface area contributed by atoms with Crippen molar-refractivity contribution in [2.45, 2.75) is 0 Å². The molecule has 10 rings (SSSR count). The molecule has 248 valence electrons. The van der Waals surface area contributed by atoms with E-state index in [1.165, 1.54) is 20.2 Å². The van der Waals surface area contributed by atoms with Crippen LogP contribution in [0.1, 0.15) is 0 Å². The van der Waals surface area contributed by atoms with Gasteiger partial charge in [0.1, 0.15) is 5.82 Å². The number of fused-ring (bicyclic) bond motifs is 5. The van der Waals surface area contributed by atoms with Crippen molar-refractivity contribution in [3.8, 4) is 16.9 Å². The summed E-state index contributed by atoms with van der Waals surface area (Å²) in [6, 6.07) is 64.1. The molecule has 9 aromatic rings. The monoisotopic (exact) mass is 706 g/mol. The largest absolute Gasteiger partial charge is 0.341 e. The van der Waals surface area contributed by atoms with Crippen LogP contribution >= 0.6 is 22.9 Å². The Kier molecular flexibility index (Phi) is 7.34. The van der Waals surface area contributed by atoms with Gasteiger partial charge in [-0.05, 0) is 84.9 Å². The highest BCUT2D eigenvalue weighted by atomic mass is 35.5. The molecule has 6 heteroatoms. The highest BCUT2D eigenvalue weighted by Gasteiger charge is 2.32. The summed E-state index contributed by atoms with van der Waals surface area (Å²) in [5.41, 5.74) is 10.4. The van der Waals surface area contributed by atoms with Crippen molar-refractivity contribution < 1.29 is 0 Å². The molecule has 2 aromatic heterocycles. The fourth-order valence-corrected chi connectivity index (χ4v) is 8.93. The molecule has 0 spiro atoms. The number of hydrogen-bond acceptors (Lipinski definition) is 4. The predicted octanol–water partition coefficient (Wildman–Crippen LogP) is 14.2. The zero-order chi connectivity index (χ0) is 34.6. The third-order valence-electron chi connectivity index (χ3n) is 9.74. The molecule has 0 radical (unpaired) electrons. The van der Waals surface area contributed by atoms with Gasteiger partial charge in [-0.25, -0.2) is 0 Å². The average Bonchev–Trinajstić information content (AvgIpc) is 3.79. The van der Waals surface area contributed by atoms with E-state index in [0.29, 0.717) is 5.02 Å². The summed E-state index contributed by atoms with van der Waals surface area (Å²) >= 11 is 9.25. The Labute approximate surface area is 311 Å². The first-order valence-corrected chi connectivity index (χ1v) is 18.5. The van der Waals surface area contributed by atoms with Gasteiger partial charge in [0.15, 0.2) is 0 Å². The molecule has 0 saturated heterocycles. The van der Waals surface area contributed by atoms with Gasteiger partial charge in [0.25, 0.3) is 0 Å². The van der Waals surface area contributed by atoms with Crippen LogP contribution in [0.5, 0.6) is 0 Å². The lowest BCUT2D eigenvalue weighted by Gasteiger charge is -2.41. The lowest BCUT2D eigenvalue weighted by molar-refractivity contribution is 1.09. The van der Waals surface area contributed by atoms with Crippen molar-refractivity contribution in [2.75, 3.05) is 15.1 Å². The Morgan fingerprint density at radius 3 is 1.79 bits per heavy atom. The van der Waals surface area contributed by atoms with Crippen molar-refractivity contribution in [3.63, 3.8) is 0 Å². The van der Waals surface area contributed by atoms with E-state index < -0.39 is 0 Å². The molecule has 0 unspecified atom stereocenters. The Morgan fingerprint density at radius 1 is 0.462 bits per heavy atom. The molecular weight excluding hydrogens is 676 g/mol. The van der Waals surface area contributed by atoms with Crippen molar-refractivity contribution in [1.29, 1.82) is 0 Å². The van der Waals surface area contributed by atoms with Gasteiger partial charge in [0.05, 0.1) is 33.5 Å². The molecule has 1 aliphatic heterocycles. The van der Waals surface area contributed by atoms with E-state index in [1.807, 2.05) is 23.5 Å². The van der Waals surface area contributed by atoms with Gasteiger partial charge in [-0.3, -0.25) is 4.57 Å². The van der Waals surface area contributed by atoms with Crippen LogP contribution in [-0.2, 0) is 0 Å². The van der Waals surface area contributed by atoms with Gasteiger partial charge in [0, 0.05) is 48.5 Å². The number of hydrogen-bond donors (Lipinski definition) is 1. The maximum absolute atomic E-state index is 7.41. The molecule has 0 aliphatic carbocycles. The van der Waals surface area contributed by atoms with Crippen LogP contribution in [0.3, 0.4) is 0 Å². The summed E-state index contributed by atoms with van der Waals surface area (Å²) in [5, 5.41) is 7.04. The van der Waals surface area contributed by atoms with E-state index in [-0.39, 0.29) is 0 Å². The molecular formula is C46H31ClN4S. The first-order valence-electron chi connectivity index (χ1n) is 17.3. The summed E-state index contributed by atoms with van der Waals surface area (Å²) in [6.45, 7) is 0. The number of rotatable bonds is 6. The molecule has 0 saturated carbocycles. The smallest absolute Gasteiger partial charge is 0.115 e. The van der Waals surface area contributed by atoms with E-state index in [9.17, 15) is 0 Å². The lowest BCUT2D eigenvalue weighted by Crippen LogP contribution is -2.24. The molecule has 0 fully saturated rings. The maximum Gasteiger partial charge on any atom is 0.115 e. The first kappa shape index (κ1) is 30.5. The maximum atomic E-state index is 7.41. The van der Waals surface area contributed by atoms with Crippen molar-refractivity contribution in [2.24, 2.45) is 0 Å². The summed E-state index contributed by atoms with van der Waals surface area (Å²) in [5.74, 6) is 0.941. The van der Waals surface area contributed by atoms with Crippen LogP contribution in [0.4, 0.5) is 45.6 Å². The zero-order valence-electron chi connectivity index (χ0n) is 27.9. The van der Waals surface area contributed by atoms with Crippen LogP contribution in [0, 0.1) is 0 Å². The minimum atomic E-state index is 0.646. The van der Waals surface area contributed by atoms with E-state index in [2.05, 4.69) is 190 Å². The number of thiophene rings is 1. The van der Waals surface area contributed by atoms with Gasteiger partial charge in [-0.1, -0.05) is 109 Å². The van der Waals surface area contributed by atoms with Gasteiger partial charge >= 0.3 is 0 Å². The number of nitrogens with zero attached hydrogens (tertiary/aromatic N) is 3. The number of benzene rings is 7. The fraction of sp³-hybridized carbons (Fsp3) is 0. The van der Waals surface area contributed by atoms with Crippen LogP contribution in [0.25, 0.3) is 37.1 Å². The summed E-state index contributed by atoms with van der Waals surface area (Å²) < 4.78 is 4.88. The Hall–Kier alpha value is -6.27. The molecule has 0 amide bonds. The normalized spacial score (nSPS) is 12.2. The molecule has 7 aromatic carbocycles. The number of halogens is 1. The van der Waals surface area contributed by atoms with Crippen molar-refractivity contribution in [1.82, 2.24) is 4.57 Å². The minimum absolute atomic E-state index is 0.646. The topological polar surface area (TPSA) is 23.4 Å². The Morgan fingerprint density at radius 2 is 1.06 bits per heavy atom. The standard InChI is InChI=1S/C46H31ClN4S/c47-38-29-32(30-42-46(38)51(35-18-8-3-9-19-35)41-22-12-11-21-40(41)49(42)33-14-4-1-5-15-33)48-45-27-26-39(50(45)34-16-6-2-7-17-34)31-24-25-37-36-20-10-13-23-43(36)52-44(37)28-31/h1-30,48H. The number of para-hydroxylation sites is 5. The molecule has 52 heavy (non-hydrogen) atoms. The van der Waals surface area contributed by atoms with E-state index in [0.717, 1.165) is 62.6 Å². The van der Waals surface area contributed by atoms with Gasteiger partial charge < -0.3 is 15.1 Å². The summed E-state index contributed by atoms with van der Waals surface area (Å²) in [6.07, 6.45) is 0. The van der Waals surface area contributed by atoms with Gasteiger partial charge in [-0.2, -0.15) is 0 Å². The highest BCUT2D eigenvalue weighted by Crippen LogP contribution is 2.57. The minimum Gasteiger partial charge on any atom is -0.341 e. The van der Waals surface area contributed by atoms with Crippen LogP contribution in [-0.4, -0.2) is 4.57 Å². The molecule has 4 nitrogen and oxygen atoms in total. The van der Waals surface area contributed by atoms with Crippen molar-refractivity contribution >= 4 is 88.7 Å². The second kappa shape index (κ2) is 12.5. The third kappa shape index (κ3) is 5.05. The number of nitrogens with one attached hydrogen (secondary N) is 1. The van der Waals surface area contributed by atoms with Gasteiger partial charge in [-0.15, -0.1) is 11.3 Å². The predicted molar refractivity (Wildman–Crippen MR) is 222 cm³/mol. The summed E-state index contributed by atoms with van der Waals surface area (Å²) in [7, 11) is 0. The quantitative estimate of drug-likeness (QED) is 0.186. The van der Waals surface area contributed by atoms with E-state index in [1.54, 1.807) is 0 Å². The van der Waals surface area contributed by atoms with E-state index >= 15 is 0 Å². The Bertz CT molecular complexity index is 2740. The average molecular weight is 707 g/mol. The fourth-order valence-electron chi connectivity index (χ4n) is 7.49. The third-order valence-corrected chi connectivity index (χ3v) is 11.2. The van der Waals surface area contributed by atoms with Gasteiger partial charge in [0.2, 0.25) is 0 Å². The van der Waals surface area contributed by atoms with E-state index in [4.69, 9.17) is 11.6 Å². The first-order chi connectivity index (χ1) is 25.7. The summed E-state index contributed by atoms with van der Waals surface area (Å²) in [4.78, 5) is 4.58. The van der Waals surface area contributed by atoms with Crippen LogP contribution < -0.4 is 15.1 Å².